The predicted octanol–water partition coefficient (Wildman–Crippen LogP) is 0.930. The number of hydrogen-bond acceptors (Lipinski definition) is 4. The maximum absolute atomic E-state index is 12.0. The highest BCUT2D eigenvalue weighted by Crippen LogP contribution is 2.05. The summed E-state index contributed by atoms with van der Waals surface area (Å²) >= 11 is 5.53. The van der Waals surface area contributed by atoms with E-state index < -0.39 is 10.0 Å². The SMILES string of the molecule is COCCN(CCOC)S(=O)(=O)CCCCCl. The molecular formula is C10H22ClNO4S. The van der Waals surface area contributed by atoms with Gasteiger partial charge >= 0.3 is 0 Å². The van der Waals surface area contributed by atoms with Crippen LogP contribution in [0.1, 0.15) is 12.8 Å². The van der Waals surface area contributed by atoms with Crippen molar-refractivity contribution in [2.45, 2.75) is 12.8 Å². The van der Waals surface area contributed by atoms with Crippen LogP contribution in [-0.4, -0.2) is 64.9 Å². The van der Waals surface area contributed by atoms with Gasteiger partial charge < -0.3 is 9.47 Å². The molecule has 0 aromatic heterocycles. The summed E-state index contributed by atoms with van der Waals surface area (Å²) in [7, 11) is -0.124. The second kappa shape index (κ2) is 10.1. The number of halogens is 1. The Hall–Kier alpha value is 0.120. The average molecular weight is 288 g/mol. The van der Waals surface area contributed by atoms with Crippen molar-refractivity contribution in [3.63, 3.8) is 0 Å². The van der Waals surface area contributed by atoms with E-state index in [2.05, 4.69) is 0 Å². The third-order valence-electron chi connectivity index (χ3n) is 2.27. The van der Waals surface area contributed by atoms with Gasteiger partial charge in [-0.25, -0.2) is 8.42 Å². The molecule has 0 unspecified atom stereocenters. The van der Waals surface area contributed by atoms with Crippen molar-refractivity contribution < 1.29 is 17.9 Å². The average Bonchev–Trinajstić information content (AvgIpc) is 2.29. The van der Waals surface area contributed by atoms with Crippen LogP contribution in [0, 0.1) is 0 Å². The summed E-state index contributed by atoms with van der Waals surface area (Å²) in [6, 6.07) is 0. The summed E-state index contributed by atoms with van der Waals surface area (Å²) in [4.78, 5) is 0. The normalized spacial score (nSPS) is 12.2. The summed E-state index contributed by atoms with van der Waals surface area (Å²) in [6.45, 7) is 1.50. The smallest absolute Gasteiger partial charge is 0.214 e. The van der Waals surface area contributed by atoms with Gasteiger partial charge in [0.25, 0.3) is 0 Å². The van der Waals surface area contributed by atoms with E-state index in [1.165, 1.54) is 4.31 Å². The summed E-state index contributed by atoms with van der Waals surface area (Å²) in [5.74, 6) is 0.624. The second-order valence-corrected chi connectivity index (χ2v) is 6.06. The first-order chi connectivity index (χ1) is 8.08. The van der Waals surface area contributed by atoms with Gasteiger partial charge in [-0.1, -0.05) is 0 Å². The highest BCUT2D eigenvalue weighted by Gasteiger charge is 2.20. The molecule has 0 radical (unpaired) electrons. The molecule has 0 saturated heterocycles. The minimum absolute atomic E-state index is 0.132. The summed E-state index contributed by atoms with van der Waals surface area (Å²) in [6.07, 6.45) is 1.30. The highest BCUT2D eigenvalue weighted by molar-refractivity contribution is 7.89. The summed E-state index contributed by atoms with van der Waals surface area (Å²) in [5.41, 5.74) is 0. The van der Waals surface area contributed by atoms with E-state index in [4.69, 9.17) is 21.1 Å². The van der Waals surface area contributed by atoms with Gasteiger partial charge in [-0.3, -0.25) is 0 Å². The molecule has 0 atom stereocenters. The van der Waals surface area contributed by atoms with Crippen molar-refractivity contribution in [2.24, 2.45) is 0 Å². The molecule has 0 fully saturated rings. The lowest BCUT2D eigenvalue weighted by Crippen LogP contribution is -2.38. The van der Waals surface area contributed by atoms with Crippen LogP contribution in [0.3, 0.4) is 0 Å². The predicted molar refractivity (Wildman–Crippen MR) is 69.1 cm³/mol. The molecule has 0 aliphatic rings. The molecule has 0 amide bonds. The van der Waals surface area contributed by atoms with Crippen LogP contribution in [0.25, 0.3) is 0 Å². The van der Waals surface area contributed by atoms with E-state index in [-0.39, 0.29) is 5.75 Å². The fourth-order valence-electron chi connectivity index (χ4n) is 1.28. The van der Waals surface area contributed by atoms with Gasteiger partial charge in [0.05, 0.1) is 19.0 Å². The first kappa shape index (κ1) is 17.1. The van der Waals surface area contributed by atoms with Crippen molar-refractivity contribution in [2.75, 3.05) is 52.2 Å². The lowest BCUT2D eigenvalue weighted by molar-refractivity contribution is 0.150. The van der Waals surface area contributed by atoms with E-state index in [9.17, 15) is 8.42 Å². The number of unbranched alkanes of at least 4 members (excludes halogenated alkanes) is 1. The van der Waals surface area contributed by atoms with Gasteiger partial charge in [0.1, 0.15) is 0 Å². The van der Waals surface area contributed by atoms with E-state index >= 15 is 0 Å². The van der Waals surface area contributed by atoms with Crippen molar-refractivity contribution in [3.8, 4) is 0 Å². The maximum atomic E-state index is 12.0. The molecule has 0 spiro atoms. The minimum atomic E-state index is -3.22. The highest BCUT2D eigenvalue weighted by atomic mass is 35.5. The minimum Gasteiger partial charge on any atom is -0.383 e. The third-order valence-corrected chi connectivity index (χ3v) is 4.49. The Kier molecular flexibility index (Phi) is 10.2. The number of rotatable bonds is 11. The van der Waals surface area contributed by atoms with Crippen molar-refractivity contribution in [1.29, 1.82) is 0 Å². The Balaban J connectivity index is 4.30. The summed E-state index contributed by atoms with van der Waals surface area (Å²) < 4.78 is 35.2. The molecule has 5 nitrogen and oxygen atoms in total. The zero-order valence-corrected chi connectivity index (χ0v) is 12.1. The number of alkyl halides is 1. The molecule has 17 heavy (non-hydrogen) atoms. The largest absolute Gasteiger partial charge is 0.383 e. The Morgan fingerprint density at radius 1 is 1.06 bits per heavy atom. The topological polar surface area (TPSA) is 55.8 Å². The Bertz CT molecular complexity index is 263. The molecule has 104 valence electrons. The van der Waals surface area contributed by atoms with Gasteiger partial charge in [0.15, 0.2) is 0 Å². The zero-order valence-electron chi connectivity index (χ0n) is 10.5. The fourth-order valence-corrected chi connectivity index (χ4v) is 3.01. The van der Waals surface area contributed by atoms with E-state index in [0.29, 0.717) is 45.0 Å². The van der Waals surface area contributed by atoms with Gasteiger partial charge in [-0.15, -0.1) is 11.6 Å². The lowest BCUT2D eigenvalue weighted by Gasteiger charge is -2.21. The van der Waals surface area contributed by atoms with Crippen molar-refractivity contribution >= 4 is 21.6 Å². The molecule has 0 bridgehead atoms. The zero-order chi connectivity index (χ0) is 13.1. The Labute approximate surface area is 109 Å². The molecule has 7 heteroatoms. The van der Waals surface area contributed by atoms with Crippen molar-refractivity contribution in [1.82, 2.24) is 4.31 Å². The van der Waals surface area contributed by atoms with Crippen LogP contribution in [0.4, 0.5) is 0 Å². The van der Waals surface area contributed by atoms with Crippen LogP contribution in [0.15, 0.2) is 0 Å². The number of ether oxygens (including phenoxy) is 2. The maximum Gasteiger partial charge on any atom is 0.214 e. The molecule has 0 aromatic rings. The fraction of sp³-hybridized carbons (Fsp3) is 1.00. The van der Waals surface area contributed by atoms with Gasteiger partial charge in [0.2, 0.25) is 10.0 Å². The van der Waals surface area contributed by atoms with Crippen LogP contribution in [-0.2, 0) is 19.5 Å². The number of hydrogen-bond donors (Lipinski definition) is 0. The van der Waals surface area contributed by atoms with E-state index in [1.54, 1.807) is 14.2 Å². The number of methoxy groups -OCH3 is 2. The standard InChI is InChI=1S/C10H22ClNO4S/c1-15-8-6-12(7-9-16-2)17(13,14)10-4-3-5-11/h3-10H2,1-2H3. The van der Waals surface area contributed by atoms with Gasteiger partial charge in [-0.2, -0.15) is 4.31 Å². The number of sulfonamides is 1. The Morgan fingerprint density at radius 3 is 2.00 bits per heavy atom. The molecule has 0 N–H and O–H groups in total. The van der Waals surface area contributed by atoms with Crippen LogP contribution in [0.5, 0.6) is 0 Å². The molecule has 0 heterocycles. The number of nitrogens with zero attached hydrogens (tertiary/aromatic N) is 1. The first-order valence-corrected chi connectivity index (χ1v) is 7.74. The molecular weight excluding hydrogens is 266 g/mol. The van der Waals surface area contributed by atoms with E-state index in [1.807, 2.05) is 0 Å². The third kappa shape index (κ3) is 7.94. The van der Waals surface area contributed by atoms with Gasteiger partial charge in [-0.05, 0) is 12.8 Å². The van der Waals surface area contributed by atoms with Gasteiger partial charge in [0, 0.05) is 33.2 Å². The lowest BCUT2D eigenvalue weighted by atomic mass is 10.4. The molecule has 0 saturated carbocycles. The molecule has 0 aliphatic heterocycles. The van der Waals surface area contributed by atoms with Crippen LogP contribution < -0.4 is 0 Å². The molecule has 0 rings (SSSR count). The van der Waals surface area contributed by atoms with E-state index in [0.717, 1.165) is 0 Å². The Morgan fingerprint density at radius 2 is 1.59 bits per heavy atom. The monoisotopic (exact) mass is 287 g/mol. The molecule has 0 aromatic carbocycles. The molecule has 0 aliphatic carbocycles. The second-order valence-electron chi connectivity index (χ2n) is 3.60. The quantitative estimate of drug-likeness (QED) is 0.419. The summed E-state index contributed by atoms with van der Waals surface area (Å²) in [5, 5.41) is 0. The van der Waals surface area contributed by atoms with Crippen LogP contribution >= 0.6 is 11.6 Å². The first-order valence-electron chi connectivity index (χ1n) is 5.60. The van der Waals surface area contributed by atoms with Crippen molar-refractivity contribution in [3.05, 3.63) is 0 Å². The van der Waals surface area contributed by atoms with Crippen LogP contribution in [0.2, 0.25) is 0 Å².